The fourth-order valence-electron chi connectivity index (χ4n) is 5.46. The summed E-state index contributed by atoms with van der Waals surface area (Å²) in [7, 11) is 0. The van der Waals surface area contributed by atoms with Crippen LogP contribution in [-0.2, 0) is 4.79 Å². The molecule has 3 aliphatic rings. The highest BCUT2D eigenvalue weighted by Crippen LogP contribution is 2.42. The van der Waals surface area contributed by atoms with E-state index in [4.69, 9.17) is 11.5 Å². The van der Waals surface area contributed by atoms with Gasteiger partial charge in [0.2, 0.25) is 5.91 Å². The Morgan fingerprint density at radius 2 is 1.66 bits per heavy atom. The molecule has 2 unspecified atom stereocenters. The van der Waals surface area contributed by atoms with Crippen LogP contribution in [0.4, 0.5) is 11.4 Å². The number of fused-ring (bicyclic) bond motifs is 2. The molecule has 0 spiro atoms. The highest BCUT2D eigenvalue weighted by Gasteiger charge is 2.40. The molecule has 2 atom stereocenters. The van der Waals surface area contributed by atoms with E-state index in [-0.39, 0.29) is 30.3 Å². The Morgan fingerprint density at radius 3 is 2.28 bits per heavy atom. The van der Waals surface area contributed by atoms with Gasteiger partial charge in [0.1, 0.15) is 0 Å². The smallest absolute Gasteiger partial charge is 0.250 e. The Morgan fingerprint density at radius 1 is 1.00 bits per heavy atom. The van der Waals surface area contributed by atoms with Crippen molar-refractivity contribution in [1.82, 2.24) is 0 Å². The van der Waals surface area contributed by atoms with Crippen LogP contribution in [-0.4, -0.2) is 30.9 Å². The number of nitrogens with two attached hydrogens (primary N) is 2. The molecule has 1 saturated heterocycles. The molecule has 1 heterocycles. The zero-order chi connectivity index (χ0) is 19.7. The monoisotopic (exact) mass is 420 g/mol. The first-order valence-electron chi connectivity index (χ1n) is 10.8. The van der Waals surface area contributed by atoms with Gasteiger partial charge in [-0.25, -0.2) is 0 Å². The lowest BCUT2D eigenvalue weighted by Crippen LogP contribution is -2.48. The van der Waals surface area contributed by atoms with Gasteiger partial charge in [-0.1, -0.05) is 6.42 Å². The summed E-state index contributed by atoms with van der Waals surface area (Å²) in [5.74, 6) is 0.644. The van der Waals surface area contributed by atoms with Crippen LogP contribution in [0, 0.1) is 17.8 Å². The van der Waals surface area contributed by atoms with Crippen LogP contribution in [0.25, 0.3) is 0 Å². The molecule has 6 nitrogen and oxygen atoms in total. The van der Waals surface area contributed by atoms with Gasteiger partial charge in [0.15, 0.2) is 0 Å². The number of nitrogens with zero attached hydrogens (tertiary/aromatic N) is 1. The van der Waals surface area contributed by atoms with Crippen molar-refractivity contribution in [2.45, 2.75) is 57.4 Å². The summed E-state index contributed by atoms with van der Waals surface area (Å²) >= 11 is 0. The van der Waals surface area contributed by atoms with Gasteiger partial charge < -0.3 is 21.7 Å². The van der Waals surface area contributed by atoms with Gasteiger partial charge in [-0.05, 0) is 75.0 Å². The average molecular weight is 421 g/mol. The van der Waals surface area contributed by atoms with Crippen molar-refractivity contribution in [3.05, 3.63) is 23.8 Å². The molecule has 1 aliphatic heterocycles. The summed E-state index contributed by atoms with van der Waals surface area (Å²) in [6.07, 6.45) is 8.75. The second kappa shape index (κ2) is 9.35. The summed E-state index contributed by atoms with van der Waals surface area (Å²) in [5.41, 5.74) is 14.1. The predicted molar refractivity (Wildman–Crippen MR) is 118 cm³/mol. The van der Waals surface area contributed by atoms with Crippen molar-refractivity contribution >= 4 is 35.6 Å². The largest absolute Gasteiger partial charge is 0.371 e. The SMILES string of the molecule is Cl.NC(=O)c1ccc(NC(=O)C2CC3CCCC(C2)C3N)cc1N1CCCCC1. The number of amides is 2. The molecule has 2 amide bonds. The average Bonchev–Trinajstić information content (AvgIpc) is 2.68. The number of halogens is 1. The highest BCUT2D eigenvalue weighted by molar-refractivity contribution is 6.00. The van der Waals surface area contributed by atoms with Gasteiger partial charge in [-0.2, -0.15) is 0 Å². The van der Waals surface area contributed by atoms with Crippen molar-refractivity contribution in [2.75, 3.05) is 23.3 Å². The van der Waals surface area contributed by atoms with Crippen LogP contribution in [0.3, 0.4) is 0 Å². The number of anilines is 2. The van der Waals surface area contributed by atoms with Gasteiger partial charge in [0.05, 0.1) is 11.3 Å². The summed E-state index contributed by atoms with van der Waals surface area (Å²) in [6, 6.07) is 5.71. The Kier molecular flexibility index (Phi) is 7.06. The van der Waals surface area contributed by atoms with Gasteiger partial charge in [-0.15, -0.1) is 12.4 Å². The number of primary amides is 1. The van der Waals surface area contributed by atoms with E-state index in [9.17, 15) is 9.59 Å². The zero-order valence-electron chi connectivity index (χ0n) is 16.9. The van der Waals surface area contributed by atoms with E-state index in [1.807, 2.05) is 6.07 Å². The molecule has 5 N–H and O–H groups in total. The van der Waals surface area contributed by atoms with E-state index < -0.39 is 5.91 Å². The van der Waals surface area contributed by atoms with E-state index in [2.05, 4.69) is 10.2 Å². The number of benzene rings is 1. The van der Waals surface area contributed by atoms with E-state index in [0.29, 0.717) is 17.4 Å². The summed E-state index contributed by atoms with van der Waals surface area (Å²) in [5, 5.41) is 3.10. The number of carbonyl (C=O) groups is 2. The van der Waals surface area contributed by atoms with Crippen LogP contribution in [0.1, 0.15) is 61.7 Å². The standard InChI is InChI=1S/C22H32N4O2.ClH/c23-20-14-5-4-6-15(20)12-16(11-14)22(28)25-17-7-8-18(21(24)27)19(13-17)26-9-2-1-3-10-26;/h7-8,13-16,20H,1-6,9-12,23H2,(H2,24,27)(H,25,28);1H. The quantitative estimate of drug-likeness (QED) is 0.695. The zero-order valence-corrected chi connectivity index (χ0v) is 17.8. The minimum Gasteiger partial charge on any atom is -0.371 e. The number of rotatable bonds is 4. The third-order valence-corrected chi connectivity index (χ3v) is 7.01. The maximum Gasteiger partial charge on any atom is 0.250 e. The first-order chi connectivity index (χ1) is 13.5. The fourth-order valence-corrected chi connectivity index (χ4v) is 5.46. The first-order valence-corrected chi connectivity index (χ1v) is 10.8. The van der Waals surface area contributed by atoms with E-state index in [0.717, 1.165) is 63.0 Å². The van der Waals surface area contributed by atoms with Crippen molar-refractivity contribution < 1.29 is 9.59 Å². The van der Waals surface area contributed by atoms with Crippen LogP contribution in [0.5, 0.6) is 0 Å². The Hall–Kier alpha value is -1.79. The molecule has 0 aromatic heterocycles. The third-order valence-electron chi connectivity index (χ3n) is 7.01. The minimum absolute atomic E-state index is 0. The van der Waals surface area contributed by atoms with E-state index in [1.54, 1.807) is 12.1 Å². The molecule has 160 valence electrons. The maximum atomic E-state index is 13.0. The predicted octanol–water partition coefficient (Wildman–Crippen LogP) is 3.29. The molecule has 1 aromatic carbocycles. The van der Waals surface area contributed by atoms with Gasteiger partial charge in [0, 0.05) is 30.7 Å². The molecular weight excluding hydrogens is 388 g/mol. The molecule has 2 bridgehead atoms. The highest BCUT2D eigenvalue weighted by atomic mass is 35.5. The summed E-state index contributed by atoms with van der Waals surface area (Å²) in [4.78, 5) is 27.1. The second-order valence-corrected chi connectivity index (χ2v) is 8.83. The lowest BCUT2D eigenvalue weighted by Gasteiger charge is -2.43. The Balaban J connectivity index is 0.00000240. The van der Waals surface area contributed by atoms with Crippen molar-refractivity contribution in [3.8, 4) is 0 Å². The number of hydrogen-bond acceptors (Lipinski definition) is 4. The molecular formula is C22H33ClN4O2. The van der Waals surface area contributed by atoms with Crippen molar-refractivity contribution in [3.63, 3.8) is 0 Å². The minimum atomic E-state index is -0.424. The van der Waals surface area contributed by atoms with Crippen molar-refractivity contribution in [1.29, 1.82) is 0 Å². The van der Waals surface area contributed by atoms with E-state index in [1.165, 1.54) is 12.8 Å². The first kappa shape index (κ1) is 21.9. The summed E-state index contributed by atoms with van der Waals surface area (Å²) < 4.78 is 0. The number of nitrogens with one attached hydrogen (secondary N) is 1. The Bertz CT molecular complexity index is 736. The number of hydrogen-bond donors (Lipinski definition) is 3. The molecule has 29 heavy (non-hydrogen) atoms. The molecule has 2 saturated carbocycles. The molecule has 1 aromatic rings. The normalized spacial score (nSPS) is 28.9. The van der Waals surface area contributed by atoms with Crippen LogP contribution in [0.15, 0.2) is 18.2 Å². The lowest BCUT2D eigenvalue weighted by molar-refractivity contribution is -0.122. The number of piperidine rings is 1. The maximum absolute atomic E-state index is 13.0. The molecule has 2 aliphatic carbocycles. The van der Waals surface area contributed by atoms with Crippen LogP contribution < -0.4 is 21.7 Å². The fraction of sp³-hybridized carbons (Fsp3) is 0.636. The second-order valence-electron chi connectivity index (χ2n) is 8.83. The summed E-state index contributed by atoms with van der Waals surface area (Å²) in [6.45, 7) is 1.84. The van der Waals surface area contributed by atoms with E-state index >= 15 is 0 Å². The lowest BCUT2D eigenvalue weighted by atomic mass is 9.65. The van der Waals surface area contributed by atoms with Gasteiger partial charge in [0.25, 0.3) is 5.91 Å². The van der Waals surface area contributed by atoms with Crippen molar-refractivity contribution in [2.24, 2.45) is 29.2 Å². The molecule has 7 heteroatoms. The molecule has 0 radical (unpaired) electrons. The van der Waals surface area contributed by atoms with Gasteiger partial charge >= 0.3 is 0 Å². The Labute approximate surface area is 179 Å². The number of carbonyl (C=O) groups excluding carboxylic acids is 2. The van der Waals surface area contributed by atoms with Gasteiger partial charge in [-0.3, -0.25) is 9.59 Å². The molecule has 3 fully saturated rings. The third kappa shape index (κ3) is 4.69. The molecule has 4 rings (SSSR count). The van der Waals surface area contributed by atoms with Crippen LogP contribution >= 0.6 is 12.4 Å². The topological polar surface area (TPSA) is 101 Å². The van der Waals surface area contributed by atoms with Crippen LogP contribution in [0.2, 0.25) is 0 Å².